The van der Waals surface area contributed by atoms with Crippen LogP contribution in [0, 0.1) is 29.6 Å². The minimum absolute atomic E-state index is 0.215. The van der Waals surface area contributed by atoms with Gasteiger partial charge in [0.2, 0.25) is 0 Å². The summed E-state index contributed by atoms with van der Waals surface area (Å²) < 4.78 is 0. The maximum Gasteiger partial charge on any atom is 0.133 e. The normalized spacial score (nSPS) is 8.80. The summed E-state index contributed by atoms with van der Waals surface area (Å²) in [4.78, 5) is 0. The van der Waals surface area contributed by atoms with Crippen molar-refractivity contribution in [3.8, 4) is 12.1 Å². The van der Waals surface area contributed by atoms with Crippen LogP contribution in [0.4, 0.5) is 0 Å². The molecule has 0 aliphatic rings. The minimum Gasteiger partial charge on any atom is -0.192 e. The summed E-state index contributed by atoms with van der Waals surface area (Å²) in [5.74, 6) is 0. The second-order valence-corrected chi connectivity index (χ2v) is 3.25. The van der Waals surface area contributed by atoms with Crippen LogP contribution in [0.5, 0.6) is 0 Å². The summed E-state index contributed by atoms with van der Waals surface area (Å²) in [6, 6.07) is 11.7. The number of hydrogen-bond acceptors (Lipinski definition) is 2. The van der Waals surface area contributed by atoms with E-state index >= 15 is 0 Å². The fourth-order valence-corrected chi connectivity index (χ4v) is 1.57. The van der Waals surface area contributed by atoms with Crippen molar-refractivity contribution in [1.29, 1.82) is 10.5 Å². The predicted molar refractivity (Wildman–Crippen MR) is 59.6 cm³/mol. The molecule has 0 radical (unpaired) electrons. The van der Waals surface area contributed by atoms with Gasteiger partial charge in [0.25, 0.3) is 0 Å². The summed E-state index contributed by atoms with van der Waals surface area (Å²) in [5, 5.41) is 17.7. The lowest BCUT2D eigenvalue weighted by Gasteiger charge is -2.07. The molecule has 0 heterocycles. The van der Waals surface area contributed by atoms with Crippen molar-refractivity contribution >= 4 is 5.57 Å². The number of aryl methyl sites for hydroxylation is 1. The van der Waals surface area contributed by atoms with Crippen molar-refractivity contribution in [2.45, 2.75) is 20.3 Å². The smallest absolute Gasteiger partial charge is 0.133 e. The predicted octanol–water partition coefficient (Wildman–Crippen LogP) is 3.21. The number of benzene rings is 1. The van der Waals surface area contributed by atoms with E-state index in [1.807, 2.05) is 50.3 Å². The zero-order chi connectivity index (χ0) is 11.3. The Balaban J connectivity index is 3.40. The molecule has 2 nitrogen and oxygen atoms in total. The van der Waals surface area contributed by atoms with Crippen molar-refractivity contribution in [2.75, 3.05) is 0 Å². The first-order valence-electron chi connectivity index (χ1n) is 4.84. The van der Waals surface area contributed by atoms with Gasteiger partial charge in [-0.05, 0) is 30.0 Å². The van der Waals surface area contributed by atoms with Crippen LogP contribution in [-0.2, 0) is 0 Å². The summed E-state index contributed by atoms with van der Waals surface area (Å²) in [7, 11) is 0. The SMILES string of the molecule is CCC(=C(C#N)C#N)c1ccccc1C. The Morgan fingerprint density at radius 3 is 2.27 bits per heavy atom. The van der Waals surface area contributed by atoms with Crippen LogP contribution >= 0.6 is 0 Å². The molecule has 0 aliphatic carbocycles. The van der Waals surface area contributed by atoms with Gasteiger partial charge >= 0.3 is 0 Å². The molecule has 1 rings (SSSR count). The van der Waals surface area contributed by atoms with E-state index < -0.39 is 0 Å². The molecule has 0 atom stereocenters. The second kappa shape index (κ2) is 4.98. The molecule has 1 aromatic carbocycles. The van der Waals surface area contributed by atoms with E-state index in [0.29, 0.717) is 6.42 Å². The summed E-state index contributed by atoms with van der Waals surface area (Å²) in [6.45, 7) is 3.94. The summed E-state index contributed by atoms with van der Waals surface area (Å²) in [5.41, 5.74) is 3.14. The summed E-state index contributed by atoms with van der Waals surface area (Å²) in [6.07, 6.45) is 0.696. The molecule has 0 N–H and O–H groups in total. The Labute approximate surface area is 90.1 Å². The van der Waals surface area contributed by atoms with E-state index in [1.165, 1.54) is 0 Å². The van der Waals surface area contributed by atoms with Gasteiger partial charge < -0.3 is 0 Å². The number of hydrogen-bond donors (Lipinski definition) is 0. The molecule has 2 heteroatoms. The number of nitrogens with zero attached hydrogens (tertiary/aromatic N) is 2. The average Bonchev–Trinajstić information content (AvgIpc) is 2.27. The van der Waals surface area contributed by atoms with Gasteiger partial charge in [-0.3, -0.25) is 0 Å². The van der Waals surface area contributed by atoms with E-state index in [9.17, 15) is 0 Å². The third kappa shape index (κ3) is 2.24. The Morgan fingerprint density at radius 1 is 1.20 bits per heavy atom. The number of nitriles is 2. The monoisotopic (exact) mass is 196 g/mol. The standard InChI is InChI=1S/C13H12N2/c1-3-12(11(8-14)9-15)13-7-5-4-6-10(13)2/h4-7H,3H2,1-2H3. The van der Waals surface area contributed by atoms with Crippen LogP contribution in [-0.4, -0.2) is 0 Å². The molecular formula is C13H12N2. The van der Waals surface area contributed by atoms with E-state index in [2.05, 4.69) is 0 Å². The highest BCUT2D eigenvalue weighted by molar-refractivity contribution is 5.76. The third-order valence-corrected chi connectivity index (χ3v) is 2.35. The Bertz CT molecular complexity index is 454. The maximum atomic E-state index is 8.85. The van der Waals surface area contributed by atoms with Crippen LogP contribution in [0.15, 0.2) is 29.8 Å². The van der Waals surface area contributed by atoms with Gasteiger partial charge in [-0.25, -0.2) is 0 Å². The van der Waals surface area contributed by atoms with Gasteiger partial charge in [0.15, 0.2) is 0 Å². The molecule has 0 fully saturated rings. The number of rotatable bonds is 2. The van der Waals surface area contributed by atoms with Crippen molar-refractivity contribution in [2.24, 2.45) is 0 Å². The lowest BCUT2D eigenvalue weighted by atomic mass is 9.95. The van der Waals surface area contributed by atoms with Crippen LogP contribution in [0.2, 0.25) is 0 Å². The van der Waals surface area contributed by atoms with E-state index in [4.69, 9.17) is 10.5 Å². The van der Waals surface area contributed by atoms with E-state index in [-0.39, 0.29) is 5.57 Å². The van der Waals surface area contributed by atoms with Crippen molar-refractivity contribution in [1.82, 2.24) is 0 Å². The van der Waals surface area contributed by atoms with Gasteiger partial charge in [0.1, 0.15) is 17.7 Å². The van der Waals surface area contributed by atoms with Crippen molar-refractivity contribution in [3.63, 3.8) is 0 Å². The molecule has 0 bridgehead atoms. The molecule has 0 aromatic heterocycles. The fourth-order valence-electron chi connectivity index (χ4n) is 1.57. The number of allylic oxidation sites excluding steroid dienone is 2. The van der Waals surface area contributed by atoms with Gasteiger partial charge in [0.05, 0.1) is 0 Å². The zero-order valence-electron chi connectivity index (χ0n) is 8.91. The highest BCUT2D eigenvalue weighted by atomic mass is 14.3. The topological polar surface area (TPSA) is 47.6 Å². The zero-order valence-corrected chi connectivity index (χ0v) is 8.91. The first-order valence-corrected chi connectivity index (χ1v) is 4.84. The van der Waals surface area contributed by atoms with Crippen molar-refractivity contribution in [3.05, 3.63) is 41.0 Å². The highest BCUT2D eigenvalue weighted by Crippen LogP contribution is 2.24. The fraction of sp³-hybridized carbons (Fsp3) is 0.231. The quantitative estimate of drug-likeness (QED) is 0.682. The van der Waals surface area contributed by atoms with Crippen molar-refractivity contribution < 1.29 is 0 Å². The van der Waals surface area contributed by atoms with Crippen LogP contribution in [0.25, 0.3) is 5.57 Å². The first kappa shape index (κ1) is 11.0. The van der Waals surface area contributed by atoms with Crippen LogP contribution in [0.1, 0.15) is 24.5 Å². The second-order valence-electron chi connectivity index (χ2n) is 3.25. The third-order valence-electron chi connectivity index (χ3n) is 2.35. The van der Waals surface area contributed by atoms with Gasteiger partial charge in [-0.15, -0.1) is 0 Å². The van der Waals surface area contributed by atoms with Gasteiger partial charge in [-0.2, -0.15) is 10.5 Å². The van der Waals surface area contributed by atoms with Gasteiger partial charge in [-0.1, -0.05) is 31.2 Å². The molecule has 0 saturated carbocycles. The highest BCUT2D eigenvalue weighted by Gasteiger charge is 2.08. The largest absolute Gasteiger partial charge is 0.192 e. The Hall–Kier alpha value is -2.06. The Kier molecular flexibility index (Phi) is 3.66. The maximum absolute atomic E-state index is 8.85. The molecule has 0 saturated heterocycles. The lowest BCUT2D eigenvalue weighted by Crippen LogP contribution is -1.91. The van der Waals surface area contributed by atoms with Crippen LogP contribution in [0.3, 0.4) is 0 Å². The molecule has 1 aromatic rings. The van der Waals surface area contributed by atoms with Crippen LogP contribution < -0.4 is 0 Å². The average molecular weight is 196 g/mol. The molecular weight excluding hydrogens is 184 g/mol. The molecule has 15 heavy (non-hydrogen) atoms. The molecule has 0 aliphatic heterocycles. The van der Waals surface area contributed by atoms with E-state index in [0.717, 1.165) is 16.7 Å². The lowest BCUT2D eigenvalue weighted by molar-refractivity contribution is 1.21. The van der Waals surface area contributed by atoms with Gasteiger partial charge in [0, 0.05) is 0 Å². The van der Waals surface area contributed by atoms with E-state index in [1.54, 1.807) is 0 Å². The Morgan fingerprint density at radius 2 is 1.80 bits per heavy atom. The first-order chi connectivity index (χ1) is 7.24. The molecule has 0 unspecified atom stereocenters. The summed E-state index contributed by atoms with van der Waals surface area (Å²) >= 11 is 0. The minimum atomic E-state index is 0.215. The molecule has 74 valence electrons. The molecule has 0 spiro atoms. The molecule has 0 amide bonds.